The number of sulfonamides is 1. The number of para-hydroxylation sites is 1. The normalized spacial score (nSPS) is 12.2. The van der Waals surface area contributed by atoms with Crippen LogP contribution in [0.4, 0.5) is 5.69 Å². The number of rotatable bonds is 11. The summed E-state index contributed by atoms with van der Waals surface area (Å²) in [6, 6.07) is 14.4. The Hall–Kier alpha value is -2.87. The number of nitrogens with one attached hydrogen (secondary N) is 1. The Morgan fingerprint density at radius 2 is 1.61 bits per heavy atom. The molecule has 180 valence electrons. The Morgan fingerprint density at radius 1 is 1.00 bits per heavy atom. The van der Waals surface area contributed by atoms with E-state index >= 15 is 0 Å². The predicted molar refractivity (Wildman–Crippen MR) is 133 cm³/mol. The van der Waals surface area contributed by atoms with Gasteiger partial charge in [0.1, 0.15) is 12.6 Å². The summed E-state index contributed by atoms with van der Waals surface area (Å²) < 4.78 is 26.5. The molecule has 2 rings (SSSR count). The molecule has 0 heterocycles. The maximum absolute atomic E-state index is 13.5. The van der Waals surface area contributed by atoms with Crippen LogP contribution in [0.3, 0.4) is 0 Å². The first-order chi connectivity index (χ1) is 15.6. The van der Waals surface area contributed by atoms with Crippen molar-refractivity contribution in [3.8, 4) is 0 Å². The molecule has 0 aromatic heterocycles. The summed E-state index contributed by atoms with van der Waals surface area (Å²) in [5, 5.41) is 2.83. The molecule has 33 heavy (non-hydrogen) atoms. The van der Waals surface area contributed by atoms with E-state index in [1.807, 2.05) is 69.3 Å². The number of benzene rings is 2. The lowest BCUT2D eigenvalue weighted by Gasteiger charge is -2.32. The van der Waals surface area contributed by atoms with E-state index in [0.29, 0.717) is 25.2 Å². The van der Waals surface area contributed by atoms with E-state index in [9.17, 15) is 18.0 Å². The largest absolute Gasteiger partial charge is 0.354 e. The van der Waals surface area contributed by atoms with E-state index in [2.05, 4.69) is 5.32 Å². The topological polar surface area (TPSA) is 86.8 Å². The van der Waals surface area contributed by atoms with Crippen molar-refractivity contribution in [1.29, 1.82) is 0 Å². The molecule has 2 aromatic rings. The van der Waals surface area contributed by atoms with E-state index in [4.69, 9.17) is 0 Å². The van der Waals surface area contributed by atoms with Gasteiger partial charge in [-0.15, -0.1) is 0 Å². The molecule has 1 unspecified atom stereocenters. The highest BCUT2D eigenvalue weighted by molar-refractivity contribution is 7.92. The second kappa shape index (κ2) is 11.8. The predicted octanol–water partition coefficient (Wildman–Crippen LogP) is 3.06. The van der Waals surface area contributed by atoms with Gasteiger partial charge in [0.05, 0.1) is 11.9 Å². The second-order valence-corrected chi connectivity index (χ2v) is 10.2. The zero-order valence-corrected chi connectivity index (χ0v) is 21.0. The van der Waals surface area contributed by atoms with Gasteiger partial charge in [0.2, 0.25) is 21.8 Å². The van der Waals surface area contributed by atoms with Crippen molar-refractivity contribution < 1.29 is 18.0 Å². The minimum absolute atomic E-state index is 0.253. The maximum Gasteiger partial charge on any atom is 0.244 e. The summed E-state index contributed by atoms with van der Waals surface area (Å²) in [6.07, 6.45) is 2.43. The van der Waals surface area contributed by atoms with Gasteiger partial charge in [0, 0.05) is 13.1 Å². The number of nitrogens with zero attached hydrogens (tertiary/aromatic N) is 2. The van der Waals surface area contributed by atoms with Crippen LogP contribution in [0.25, 0.3) is 0 Å². The van der Waals surface area contributed by atoms with Crippen LogP contribution in [0.1, 0.15) is 37.0 Å². The third kappa shape index (κ3) is 7.32. The lowest BCUT2D eigenvalue weighted by Crippen LogP contribution is -2.52. The van der Waals surface area contributed by atoms with Crippen LogP contribution in [0.15, 0.2) is 48.5 Å². The fraction of sp³-hybridized carbons (Fsp3) is 0.440. The molecule has 8 heteroatoms. The van der Waals surface area contributed by atoms with Crippen molar-refractivity contribution in [3.05, 3.63) is 65.2 Å². The third-order valence-corrected chi connectivity index (χ3v) is 6.68. The molecule has 0 aliphatic heterocycles. The van der Waals surface area contributed by atoms with Crippen LogP contribution in [-0.2, 0) is 26.0 Å². The van der Waals surface area contributed by atoms with Crippen LogP contribution >= 0.6 is 0 Å². The van der Waals surface area contributed by atoms with Gasteiger partial charge >= 0.3 is 0 Å². The van der Waals surface area contributed by atoms with Crippen molar-refractivity contribution in [2.24, 2.45) is 0 Å². The first-order valence-corrected chi connectivity index (χ1v) is 13.1. The van der Waals surface area contributed by atoms with E-state index in [1.54, 1.807) is 6.92 Å². The van der Waals surface area contributed by atoms with E-state index in [-0.39, 0.29) is 12.5 Å². The van der Waals surface area contributed by atoms with Gasteiger partial charge < -0.3 is 10.2 Å². The van der Waals surface area contributed by atoms with Crippen LogP contribution in [-0.4, -0.2) is 57.1 Å². The summed E-state index contributed by atoms with van der Waals surface area (Å²) in [7, 11) is -3.73. The molecular weight excluding hydrogens is 438 g/mol. The molecular formula is C25H35N3O4S. The molecule has 1 atom stereocenters. The Bertz CT molecular complexity index is 1030. The SMILES string of the molecule is CCCNC(=O)C(C)N(CCc1ccccc1)C(=O)CN(c1c(C)cccc1C)S(C)(=O)=O. The molecule has 2 aromatic carbocycles. The molecule has 0 saturated carbocycles. The molecule has 0 fully saturated rings. The first kappa shape index (κ1) is 26.4. The average molecular weight is 474 g/mol. The molecule has 0 aliphatic carbocycles. The quantitative estimate of drug-likeness (QED) is 0.543. The van der Waals surface area contributed by atoms with Crippen molar-refractivity contribution >= 4 is 27.5 Å². The van der Waals surface area contributed by atoms with Gasteiger partial charge in [0.15, 0.2) is 0 Å². The zero-order chi connectivity index (χ0) is 24.6. The lowest BCUT2D eigenvalue weighted by atomic mass is 10.1. The van der Waals surface area contributed by atoms with Crippen molar-refractivity contribution in [2.45, 2.75) is 46.6 Å². The van der Waals surface area contributed by atoms with Crippen LogP contribution in [0, 0.1) is 13.8 Å². The van der Waals surface area contributed by atoms with Crippen LogP contribution in [0.5, 0.6) is 0 Å². The molecule has 0 saturated heterocycles. The Kier molecular flexibility index (Phi) is 9.46. The average Bonchev–Trinajstić information content (AvgIpc) is 2.76. The van der Waals surface area contributed by atoms with Gasteiger partial charge in [-0.25, -0.2) is 8.42 Å². The Labute approximate surface area is 197 Å². The number of anilines is 1. The summed E-state index contributed by atoms with van der Waals surface area (Å²) in [5.74, 6) is -0.672. The van der Waals surface area contributed by atoms with Crippen LogP contribution < -0.4 is 9.62 Å². The number of hydrogen-bond acceptors (Lipinski definition) is 4. The number of amides is 2. The molecule has 1 N–H and O–H groups in total. The van der Waals surface area contributed by atoms with Gasteiger partial charge in [0.25, 0.3) is 0 Å². The smallest absolute Gasteiger partial charge is 0.244 e. The van der Waals surface area contributed by atoms with Gasteiger partial charge in [-0.2, -0.15) is 0 Å². The fourth-order valence-electron chi connectivity index (χ4n) is 3.74. The van der Waals surface area contributed by atoms with Gasteiger partial charge in [-0.05, 0) is 50.3 Å². The van der Waals surface area contributed by atoms with E-state index in [1.165, 1.54) is 4.90 Å². The minimum atomic E-state index is -3.73. The molecule has 0 aliphatic rings. The fourth-order valence-corrected chi connectivity index (χ4v) is 4.71. The van der Waals surface area contributed by atoms with Crippen LogP contribution in [0.2, 0.25) is 0 Å². The molecule has 7 nitrogen and oxygen atoms in total. The van der Waals surface area contributed by atoms with Crippen molar-refractivity contribution in [3.63, 3.8) is 0 Å². The summed E-state index contributed by atoms with van der Waals surface area (Å²) in [4.78, 5) is 27.6. The van der Waals surface area contributed by atoms with Crippen molar-refractivity contribution in [2.75, 3.05) is 30.2 Å². The number of carbonyl (C=O) groups is 2. The maximum atomic E-state index is 13.5. The molecule has 0 radical (unpaired) electrons. The highest BCUT2D eigenvalue weighted by Gasteiger charge is 2.30. The second-order valence-electron chi connectivity index (χ2n) is 8.30. The summed E-state index contributed by atoms with van der Waals surface area (Å²) >= 11 is 0. The lowest BCUT2D eigenvalue weighted by molar-refractivity contribution is -0.138. The third-order valence-electron chi connectivity index (χ3n) is 5.57. The highest BCUT2D eigenvalue weighted by atomic mass is 32.2. The summed E-state index contributed by atoms with van der Waals surface area (Å²) in [6.45, 7) is 7.72. The van der Waals surface area contributed by atoms with Crippen molar-refractivity contribution in [1.82, 2.24) is 10.2 Å². The molecule has 0 spiro atoms. The number of hydrogen-bond donors (Lipinski definition) is 1. The Balaban J connectivity index is 2.35. The monoisotopic (exact) mass is 473 g/mol. The summed E-state index contributed by atoms with van der Waals surface area (Å²) in [5.41, 5.74) is 3.06. The first-order valence-electron chi connectivity index (χ1n) is 11.2. The van der Waals surface area contributed by atoms with Gasteiger partial charge in [-0.3, -0.25) is 13.9 Å². The number of carbonyl (C=O) groups excluding carboxylic acids is 2. The van der Waals surface area contributed by atoms with E-state index in [0.717, 1.165) is 33.7 Å². The molecule has 2 amide bonds. The zero-order valence-electron chi connectivity index (χ0n) is 20.2. The van der Waals surface area contributed by atoms with Gasteiger partial charge in [-0.1, -0.05) is 55.5 Å². The standard InChI is InChI=1S/C25H35N3O4S/c1-6-16-26-25(30)21(4)27(17-15-22-13-8-7-9-14-22)23(29)18-28(33(5,31)32)24-19(2)11-10-12-20(24)3/h7-14,21H,6,15-18H2,1-5H3,(H,26,30). The Morgan fingerprint density at radius 3 is 2.15 bits per heavy atom. The highest BCUT2D eigenvalue weighted by Crippen LogP contribution is 2.27. The minimum Gasteiger partial charge on any atom is -0.354 e. The number of aryl methyl sites for hydroxylation is 2. The van der Waals surface area contributed by atoms with E-state index < -0.39 is 22.0 Å². The molecule has 0 bridgehead atoms.